The number of pyridine rings is 1. The summed E-state index contributed by atoms with van der Waals surface area (Å²) < 4.78 is 39.0. The van der Waals surface area contributed by atoms with Gasteiger partial charge in [-0.1, -0.05) is 41.2 Å². The van der Waals surface area contributed by atoms with Gasteiger partial charge in [0.2, 0.25) is 17.5 Å². The van der Waals surface area contributed by atoms with E-state index in [1.165, 1.54) is 50.4 Å². The normalized spacial score (nSPS) is 13.1. The van der Waals surface area contributed by atoms with Gasteiger partial charge in [-0.2, -0.15) is 4.98 Å². The van der Waals surface area contributed by atoms with Crippen LogP contribution in [0.2, 0.25) is 0 Å². The summed E-state index contributed by atoms with van der Waals surface area (Å²) in [6.45, 7) is 5.72. The van der Waals surface area contributed by atoms with Crippen molar-refractivity contribution in [1.82, 2.24) is 29.9 Å². The number of halogens is 1. The Morgan fingerprint density at radius 1 is 0.820 bits per heavy atom. The summed E-state index contributed by atoms with van der Waals surface area (Å²) in [5, 5.41) is 13.5. The van der Waals surface area contributed by atoms with Crippen molar-refractivity contribution in [3.8, 4) is 45.7 Å². The number of methoxy groups -OCH3 is 3. The zero-order valence-electron chi connectivity index (χ0n) is 28.0. The van der Waals surface area contributed by atoms with E-state index in [2.05, 4.69) is 61.3 Å². The van der Waals surface area contributed by atoms with E-state index in [1.54, 1.807) is 41.1 Å². The molecule has 12 nitrogen and oxygen atoms in total. The first-order chi connectivity index (χ1) is 24.4. The Morgan fingerprint density at radius 2 is 1.58 bits per heavy atom. The number of benzene rings is 3. The number of anilines is 2. The largest absolute Gasteiger partial charge is 0.493 e. The molecule has 6 aromatic rings. The monoisotopic (exact) mass is 694 g/mol. The summed E-state index contributed by atoms with van der Waals surface area (Å²) >= 11 is 1.29. The topological polar surface area (TPSA) is 117 Å². The number of nitrogens with zero attached hydrogens (tertiary/aromatic N) is 8. The predicted octanol–water partition coefficient (Wildman–Crippen LogP) is 6.47. The molecule has 7 rings (SSSR count). The Hall–Kier alpha value is -5.63. The number of aryl methyl sites for hydroxylation is 1. The molecule has 1 aliphatic heterocycles. The third-order valence-electron chi connectivity index (χ3n) is 8.42. The van der Waals surface area contributed by atoms with Gasteiger partial charge in [-0.15, -0.1) is 10.2 Å². The minimum absolute atomic E-state index is 0.269. The molecule has 1 fully saturated rings. The summed E-state index contributed by atoms with van der Waals surface area (Å²) in [5.74, 6) is 3.22. The number of hydrogen-bond donors (Lipinski definition) is 0. The highest BCUT2D eigenvalue weighted by atomic mass is 32.2. The van der Waals surface area contributed by atoms with Gasteiger partial charge >= 0.3 is 0 Å². The highest BCUT2D eigenvalue weighted by molar-refractivity contribution is 7.98. The summed E-state index contributed by atoms with van der Waals surface area (Å²) in [6.07, 6.45) is 1.77. The molecule has 3 aromatic carbocycles. The molecule has 0 amide bonds. The molecule has 1 saturated heterocycles. The second-order valence-corrected chi connectivity index (χ2v) is 12.5. The number of aromatic nitrogens is 6. The van der Waals surface area contributed by atoms with E-state index in [0.717, 1.165) is 37.6 Å². The van der Waals surface area contributed by atoms with Gasteiger partial charge in [-0.25, -0.2) is 9.37 Å². The maximum Gasteiger partial charge on any atom is 0.237 e. The lowest BCUT2D eigenvalue weighted by molar-refractivity contribution is 0.324. The minimum atomic E-state index is -0.438. The van der Waals surface area contributed by atoms with Crippen molar-refractivity contribution in [3.05, 3.63) is 96.3 Å². The number of rotatable bonds is 11. The third kappa shape index (κ3) is 6.66. The van der Waals surface area contributed by atoms with Crippen molar-refractivity contribution in [1.29, 1.82) is 0 Å². The summed E-state index contributed by atoms with van der Waals surface area (Å²) in [7, 11) is 4.59. The number of hydrogen-bond acceptors (Lipinski definition) is 12. The summed E-state index contributed by atoms with van der Waals surface area (Å²) in [4.78, 5) is 14.0. The van der Waals surface area contributed by atoms with E-state index in [-0.39, 0.29) is 11.4 Å². The predicted molar refractivity (Wildman–Crippen MR) is 189 cm³/mol. The molecule has 256 valence electrons. The van der Waals surface area contributed by atoms with Gasteiger partial charge in [0.25, 0.3) is 0 Å². The number of para-hydroxylation sites is 1. The van der Waals surface area contributed by atoms with Crippen molar-refractivity contribution >= 4 is 23.3 Å². The van der Waals surface area contributed by atoms with Gasteiger partial charge < -0.3 is 28.5 Å². The molecule has 0 radical (unpaired) electrons. The fourth-order valence-corrected chi connectivity index (χ4v) is 6.67. The fraction of sp³-hybridized carbons (Fsp3) is 0.250. The molecule has 50 heavy (non-hydrogen) atoms. The van der Waals surface area contributed by atoms with Gasteiger partial charge in [-0.3, -0.25) is 4.57 Å². The van der Waals surface area contributed by atoms with Crippen LogP contribution in [-0.4, -0.2) is 77.4 Å². The maximum absolute atomic E-state index is 15.2. The van der Waals surface area contributed by atoms with Crippen LogP contribution in [0.3, 0.4) is 0 Å². The van der Waals surface area contributed by atoms with Gasteiger partial charge in [-0.05, 0) is 61.0 Å². The van der Waals surface area contributed by atoms with Crippen LogP contribution in [0.5, 0.6) is 17.2 Å². The molecular weight excluding hydrogens is 660 g/mol. The fourth-order valence-electron chi connectivity index (χ4n) is 5.89. The van der Waals surface area contributed by atoms with Crippen molar-refractivity contribution in [2.75, 3.05) is 57.3 Å². The van der Waals surface area contributed by atoms with E-state index in [1.807, 2.05) is 12.1 Å². The average Bonchev–Trinajstić information content (AvgIpc) is 3.81. The van der Waals surface area contributed by atoms with Gasteiger partial charge in [0.1, 0.15) is 11.6 Å². The Morgan fingerprint density at radius 3 is 2.26 bits per heavy atom. The van der Waals surface area contributed by atoms with Crippen LogP contribution in [0.1, 0.15) is 11.5 Å². The molecule has 3 aromatic heterocycles. The molecule has 0 atom stereocenters. The molecule has 1 aliphatic rings. The first-order valence-corrected chi connectivity index (χ1v) is 16.9. The highest BCUT2D eigenvalue weighted by Gasteiger charge is 2.24. The van der Waals surface area contributed by atoms with Crippen LogP contribution in [0.25, 0.3) is 28.5 Å². The van der Waals surface area contributed by atoms with Crippen LogP contribution >= 0.6 is 11.8 Å². The lowest BCUT2D eigenvalue weighted by atomic mass is 10.1. The number of ether oxygens (including phenoxy) is 3. The van der Waals surface area contributed by atoms with E-state index >= 15 is 4.39 Å². The van der Waals surface area contributed by atoms with Crippen LogP contribution in [0.4, 0.5) is 15.9 Å². The molecular formula is C36H35FN8O4S. The van der Waals surface area contributed by atoms with E-state index in [0.29, 0.717) is 45.5 Å². The lowest BCUT2D eigenvalue weighted by Crippen LogP contribution is -2.46. The van der Waals surface area contributed by atoms with Crippen LogP contribution in [0.15, 0.2) is 88.7 Å². The Balaban J connectivity index is 1.07. The molecule has 0 unspecified atom stereocenters. The Kier molecular flexibility index (Phi) is 9.52. The molecule has 0 N–H and O–H groups in total. The summed E-state index contributed by atoms with van der Waals surface area (Å²) in [6, 6.07) is 22.5. The smallest absolute Gasteiger partial charge is 0.237 e. The number of piperazine rings is 1. The van der Waals surface area contributed by atoms with Crippen LogP contribution < -0.4 is 24.0 Å². The Bertz CT molecular complexity index is 2070. The molecule has 14 heteroatoms. The molecule has 0 saturated carbocycles. The molecule has 0 spiro atoms. The lowest BCUT2D eigenvalue weighted by Gasteiger charge is -2.36. The zero-order valence-corrected chi connectivity index (χ0v) is 28.9. The first-order valence-electron chi connectivity index (χ1n) is 15.9. The quantitative estimate of drug-likeness (QED) is 0.138. The number of thioether (sulfide) groups is 1. The average molecular weight is 695 g/mol. The molecule has 4 heterocycles. The first kappa shape index (κ1) is 32.9. The molecule has 0 bridgehead atoms. The van der Waals surface area contributed by atoms with Crippen molar-refractivity contribution < 1.29 is 23.1 Å². The van der Waals surface area contributed by atoms with Crippen molar-refractivity contribution in [2.24, 2.45) is 0 Å². The van der Waals surface area contributed by atoms with E-state index in [9.17, 15) is 0 Å². The zero-order chi connectivity index (χ0) is 34.6. The van der Waals surface area contributed by atoms with Gasteiger partial charge in [0.05, 0.1) is 32.8 Å². The third-order valence-corrected chi connectivity index (χ3v) is 9.33. The second-order valence-electron chi connectivity index (χ2n) is 11.5. The SMILES string of the molecule is COc1cc(-c2nnc(SCc3nc(-c4ccc(N5CCN(c6cccc(C)c6)CC5)nc4)no3)n2-c2ccccc2F)cc(OC)c1OC. The van der Waals surface area contributed by atoms with E-state index in [4.69, 9.17) is 23.7 Å². The maximum atomic E-state index is 15.2. The second kappa shape index (κ2) is 14.5. The van der Waals surface area contributed by atoms with Gasteiger partial charge in [0.15, 0.2) is 22.5 Å². The summed E-state index contributed by atoms with van der Waals surface area (Å²) in [5.41, 5.74) is 4.12. The van der Waals surface area contributed by atoms with E-state index < -0.39 is 5.82 Å². The standard InChI is InChI=1S/C36H35FN8O4S/c1-23-8-7-9-26(18-23)43-14-16-44(17-15-43)31-13-12-24(21-38-31)34-39-32(49-42-34)22-50-36-41-40-35(45(36)28-11-6-5-10-27(28)37)25-19-29(46-2)33(48-4)30(20-25)47-3/h5-13,18-21H,14-17,22H2,1-4H3. The van der Waals surface area contributed by atoms with Crippen LogP contribution in [0, 0.1) is 12.7 Å². The van der Waals surface area contributed by atoms with Crippen molar-refractivity contribution in [3.63, 3.8) is 0 Å². The van der Waals surface area contributed by atoms with Crippen LogP contribution in [-0.2, 0) is 5.75 Å². The molecule has 0 aliphatic carbocycles. The van der Waals surface area contributed by atoms with Crippen molar-refractivity contribution in [2.45, 2.75) is 17.8 Å². The highest BCUT2D eigenvalue weighted by Crippen LogP contribution is 2.42. The Labute approximate surface area is 292 Å². The minimum Gasteiger partial charge on any atom is -0.493 e. The van der Waals surface area contributed by atoms with Gasteiger partial charge in [0, 0.05) is 49.2 Å².